The highest BCUT2D eigenvalue weighted by Crippen LogP contribution is 2.77. The Morgan fingerprint density at radius 2 is 1.08 bits per heavy atom. The molecule has 1 fully saturated rings. The fraction of sp³-hybridized carbons (Fsp3) is 0.778. The van der Waals surface area contributed by atoms with Crippen LogP contribution in [0.25, 0.3) is 0 Å². The number of hydrogen-bond acceptors (Lipinski definition) is 2. The summed E-state index contributed by atoms with van der Waals surface area (Å²) in [6.07, 6.45) is 0. The lowest BCUT2D eigenvalue weighted by atomic mass is 9.97. The first-order valence-electron chi connectivity index (χ1n) is 4.11. The molecule has 0 amide bonds. The molecule has 1 rings (SSSR count). The molecule has 74 valence electrons. The lowest BCUT2D eigenvalue weighted by Gasteiger charge is -2.08. The van der Waals surface area contributed by atoms with Crippen molar-refractivity contribution >= 4 is 11.9 Å². The third kappa shape index (κ3) is 0.677. The lowest BCUT2D eigenvalue weighted by molar-refractivity contribution is -0.152. The van der Waals surface area contributed by atoms with Crippen molar-refractivity contribution in [2.24, 2.45) is 16.2 Å². The number of aliphatic carboxylic acids is 2. The van der Waals surface area contributed by atoms with Crippen LogP contribution in [0.3, 0.4) is 0 Å². The summed E-state index contributed by atoms with van der Waals surface area (Å²) in [6.45, 7) is 6.33. The van der Waals surface area contributed by atoms with E-state index in [-0.39, 0.29) is 0 Å². The van der Waals surface area contributed by atoms with Crippen LogP contribution in [0.4, 0.5) is 0 Å². The average Bonchev–Trinajstić information content (AvgIpc) is 2.32. The Labute approximate surface area is 76.6 Å². The molecule has 0 spiro atoms. The van der Waals surface area contributed by atoms with Gasteiger partial charge in [0.25, 0.3) is 0 Å². The summed E-state index contributed by atoms with van der Waals surface area (Å²) in [5, 5.41) is 17.9. The number of carboxylic acid groups (broad SMARTS) is 2. The van der Waals surface area contributed by atoms with Gasteiger partial charge in [0.1, 0.15) is 0 Å². The molecule has 1 saturated carbocycles. The Morgan fingerprint density at radius 1 is 0.846 bits per heavy atom. The van der Waals surface area contributed by atoms with Gasteiger partial charge < -0.3 is 10.2 Å². The second-order valence-electron chi connectivity index (χ2n) is 4.49. The van der Waals surface area contributed by atoms with Gasteiger partial charge in [-0.3, -0.25) is 9.59 Å². The summed E-state index contributed by atoms with van der Waals surface area (Å²) in [6, 6.07) is 0. The summed E-state index contributed by atoms with van der Waals surface area (Å²) >= 11 is 0. The van der Waals surface area contributed by atoms with Crippen LogP contribution in [-0.2, 0) is 9.59 Å². The van der Waals surface area contributed by atoms with Crippen LogP contribution in [-0.4, -0.2) is 22.2 Å². The van der Waals surface area contributed by atoms with Gasteiger partial charge in [0.05, 0.1) is 10.8 Å². The maximum Gasteiger partial charge on any atom is 0.311 e. The molecule has 0 aromatic rings. The maximum atomic E-state index is 11.0. The van der Waals surface area contributed by atoms with Crippen LogP contribution >= 0.6 is 0 Å². The molecular formula is C9H14O4. The van der Waals surface area contributed by atoms with Crippen molar-refractivity contribution in [3.8, 4) is 0 Å². The Kier molecular flexibility index (Phi) is 1.58. The van der Waals surface area contributed by atoms with Crippen LogP contribution in [0.15, 0.2) is 0 Å². The molecule has 2 atom stereocenters. The summed E-state index contributed by atoms with van der Waals surface area (Å²) in [5.41, 5.74) is -3.02. The van der Waals surface area contributed by atoms with Gasteiger partial charge in [0, 0.05) is 0 Å². The van der Waals surface area contributed by atoms with Crippen molar-refractivity contribution in [1.29, 1.82) is 0 Å². The molecule has 0 aliphatic heterocycles. The van der Waals surface area contributed by atoms with Crippen LogP contribution in [0, 0.1) is 16.2 Å². The van der Waals surface area contributed by atoms with E-state index in [0.29, 0.717) is 0 Å². The van der Waals surface area contributed by atoms with E-state index in [2.05, 4.69) is 0 Å². The standard InChI is InChI=1S/C9H14O4/c1-7(2)8(3,5(10)11)9(7,4)6(12)13/h1-4H3,(H,10,11)(H,12,13). The first kappa shape index (κ1) is 10.0. The van der Waals surface area contributed by atoms with Crippen molar-refractivity contribution in [3.05, 3.63) is 0 Å². The van der Waals surface area contributed by atoms with Crippen molar-refractivity contribution in [1.82, 2.24) is 0 Å². The third-order valence-electron chi connectivity index (χ3n) is 4.29. The quantitative estimate of drug-likeness (QED) is 0.679. The van der Waals surface area contributed by atoms with E-state index in [4.69, 9.17) is 10.2 Å². The van der Waals surface area contributed by atoms with Crippen LogP contribution in [0.5, 0.6) is 0 Å². The van der Waals surface area contributed by atoms with E-state index in [0.717, 1.165) is 0 Å². The van der Waals surface area contributed by atoms with Crippen molar-refractivity contribution < 1.29 is 19.8 Å². The van der Waals surface area contributed by atoms with E-state index < -0.39 is 28.2 Å². The molecule has 4 heteroatoms. The molecule has 0 radical (unpaired) electrons. The second kappa shape index (κ2) is 2.05. The summed E-state index contributed by atoms with van der Waals surface area (Å²) in [5.74, 6) is -2.08. The van der Waals surface area contributed by atoms with E-state index >= 15 is 0 Å². The Morgan fingerprint density at radius 3 is 1.15 bits per heavy atom. The zero-order valence-corrected chi connectivity index (χ0v) is 8.21. The second-order valence-corrected chi connectivity index (χ2v) is 4.49. The van der Waals surface area contributed by atoms with Gasteiger partial charge in [-0.25, -0.2) is 0 Å². The van der Waals surface area contributed by atoms with E-state index in [9.17, 15) is 9.59 Å². The number of carboxylic acids is 2. The largest absolute Gasteiger partial charge is 0.481 e. The van der Waals surface area contributed by atoms with Crippen LogP contribution < -0.4 is 0 Å². The molecule has 2 N–H and O–H groups in total. The molecule has 1 aliphatic carbocycles. The van der Waals surface area contributed by atoms with Crippen molar-refractivity contribution in [2.45, 2.75) is 27.7 Å². The SMILES string of the molecule is CC1(C)C(C)(C(=O)O)C1(C)C(=O)O. The molecule has 0 aromatic carbocycles. The molecule has 2 unspecified atom stereocenters. The first-order chi connectivity index (χ1) is 5.64. The van der Waals surface area contributed by atoms with E-state index in [1.54, 1.807) is 13.8 Å². The summed E-state index contributed by atoms with van der Waals surface area (Å²) in [4.78, 5) is 21.9. The van der Waals surface area contributed by atoms with Gasteiger partial charge in [0.15, 0.2) is 0 Å². The minimum Gasteiger partial charge on any atom is -0.481 e. The summed E-state index contributed by atoms with van der Waals surface area (Å²) < 4.78 is 0. The summed E-state index contributed by atoms with van der Waals surface area (Å²) in [7, 11) is 0. The average molecular weight is 186 g/mol. The number of carbonyl (C=O) groups is 2. The molecule has 1 aliphatic rings. The zero-order chi connectivity index (χ0) is 10.7. The monoisotopic (exact) mass is 186 g/mol. The fourth-order valence-electron chi connectivity index (χ4n) is 2.31. The van der Waals surface area contributed by atoms with Gasteiger partial charge in [-0.15, -0.1) is 0 Å². The lowest BCUT2D eigenvalue weighted by Crippen LogP contribution is -2.24. The zero-order valence-electron chi connectivity index (χ0n) is 8.21. The predicted octanol–water partition coefficient (Wildman–Crippen LogP) is 1.21. The predicted molar refractivity (Wildman–Crippen MR) is 45.3 cm³/mol. The maximum absolute atomic E-state index is 11.0. The highest BCUT2D eigenvalue weighted by Gasteiger charge is 2.85. The van der Waals surface area contributed by atoms with E-state index in [1.165, 1.54) is 13.8 Å². The first-order valence-corrected chi connectivity index (χ1v) is 4.11. The number of rotatable bonds is 2. The van der Waals surface area contributed by atoms with Crippen LogP contribution in [0.2, 0.25) is 0 Å². The highest BCUT2D eigenvalue weighted by molar-refractivity contribution is 5.94. The molecule has 0 aromatic heterocycles. The van der Waals surface area contributed by atoms with Crippen molar-refractivity contribution in [2.75, 3.05) is 0 Å². The normalized spacial score (nSPS) is 41.2. The molecule has 4 nitrogen and oxygen atoms in total. The van der Waals surface area contributed by atoms with Gasteiger partial charge in [-0.05, 0) is 19.3 Å². The number of hydrogen-bond donors (Lipinski definition) is 2. The van der Waals surface area contributed by atoms with Gasteiger partial charge in [-0.2, -0.15) is 0 Å². The van der Waals surface area contributed by atoms with Crippen molar-refractivity contribution in [3.63, 3.8) is 0 Å². The van der Waals surface area contributed by atoms with Crippen LogP contribution in [0.1, 0.15) is 27.7 Å². The van der Waals surface area contributed by atoms with Gasteiger partial charge in [0.2, 0.25) is 0 Å². The minimum absolute atomic E-state index is 0.697. The molecule has 0 saturated heterocycles. The fourth-order valence-corrected chi connectivity index (χ4v) is 2.31. The molecule has 0 bridgehead atoms. The van der Waals surface area contributed by atoms with E-state index in [1.807, 2.05) is 0 Å². The Hall–Kier alpha value is -1.06. The topological polar surface area (TPSA) is 74.6 Å². The molecule has 13 heavy (non-hydrogen) atoms. The molecule has 0 heterocycles. The third-order valence-corrected chi connectivity index (χ3v) is 4.29. The Balaban J connectivity index is 3.22. The van der Waals surface area contributed by atoms with Gasteiger partial charge in [-0.1, -0.05) is 13.8 Å². The minimum atomic E-state index is -1.16. The smallest absolute Gasteiger partial charge is 0.311 e. The highest BCUT2D eigenvalue weighted by atomic mass is 16.4. The Bertz CT molecular complexity index is 266. The van der Waals surface area contributed by atoms with Gasteiger partial charge >= 0.3 is 11.9 Å². The molecular weight excluding hydrogens is 172 g/mol.